The highest BCUT2D eigenvalue weighted by atomic mass is 16.5. The van der Waals surface area contributed by atoms with Gasteiger partial charge in [-0.2, -0.15) is 0 Å². The topological polar surface area (TPSA) is 45.9 Å². The highest BCUT2D eigenvalue weighted by Crippen LogP contribution is 2.21. The Balaban J connectivity index is 1.60. The predicted molar refractivity (Wildman–Crippen MR) is 87.5 cm³/mol. The van der Waals surface area contributed by atoms with Crippen LogP contribution in [-0.2, 0) is 6.54 Å². The molecule has 23 heavy (non-hydrogen) atoms. The van der Waals surface area contributed by atoms with E-state index in [1.165, 1.54) is 0 Å². The van der Waals surface area contributed by atoms with Crippen LogP contribution < -0.4 is 4.74 Å². The molecule has 0 bridgehead atoms. The van der Waals surface area contributed by atoms with Gasteiger partial charge < -0.3 is 14.1 Å². The third kappa shape index (κ3) is 3.74. The van der Waals surface area contributed by atoms with E-state index in [-0.39, 0.29) is 5.91 Å². The number of furan rings is 1. The standard InChI is InChI=1S/C18H22N2O3/c1-2-22-17-8-4-3-7-16(17)18(21)20-11-9-19(10-12-20)14-15-6-5-13-23-15/h3-8,13H,2,9-12,14H2,1H3. The molecule has 1 fully saturated rings. The minimum Gasteiger partial charge on any atom is -0.493 e. The van der Waals surface area contributed by atoms with Crippen molar-refractivity contribution in [3.63, 3.8) is 0 Å². The molecule has 0 unspecified atom stereocenters. The van der Waals surface area contributed by atoms with Gasteiger partial charge in [0.05, 0.1) is 25.0 Å². The van der Waals surface area contributed by atoms with Crippen molar-refractivity contribution in [2.45, 2.75) is 13.5 Å². The van der Waals surface area contributed by atoms with Gasteiger partial charge in [0.15, 0.2) is 0 Å². The van der Waals surface area contributed by atoms with Crippen molar-refractivity contribution in [1.29, 1.82) is 0 Å². The van der Waals surface area contributed by atoms with Gasteiger partial charge in [0.2, 0.25) is 0 Å². The first-order chi connectivity index (χ1) is 11.3. The lowest BCUT2D eigenvalue weighted by Crippen LogP contribution is -2.48. The van der Waals surface area contributed by atoms with Crippen molar-refractivity contribution in [3.8, 4) is 5.75 Å². The van der Waals surface area contributed by atoms with E-state index >= 15 is 0 Å². The molecular weight excluding hydrogens is 292 g/mol. The Morgan fingerprint density at radius 2 is 1.91 bits per heavy atom. The first-order valence-electron chi connectivity index (χ1n) is 8.03. The van der Waals surface area contributed by atoms with Crippen LogP contribution in [0.5, 0.6) is 5.75 Å². The minimum atomic E-state index is 0.0479. The number of piperazine rings is 1. The molecule has 0 atom stereocenters. The van der Waals surface area contributed by atoms with E-state index in [4.69, 9.17) is 9.15 Å². The van der Waals surface area contributed by atoms with Gasteiger partial charge in [0, 0.05) is 26.2 Å². The van der Waals surface area contributed by atoms with Crippen LogP contribution in [0, 0.1) is 0 Å². The summed E-state index contributed by atoms with van der Waals surface area (Å²) >= 11 is 0. The molecule has 5 heteroatoms. The van der Waals surface area contributed by atoms with Crippen molar-refractivity contribution < 1.29 is 13.9 Å². The summed E-state index contributed by atoms with van der Waals surface area (Å²) in [4.78, 5) is 16.9. The maximum atomic E-state index is 12.7. The number of para-hydroxylation sites is 1. The lowest BCUT2D eigenvalue weighted by Gasteiger charge is -2.34. The molecule has 0 saturated carbocycles. The minimum absolute atomic E-state index is 0.0479. The summed E-state index contributed by atoms with van der Waals surface area (Å²) in [6.07, 6.45) is 1.69. The van der Waals surface area contributed by atoms with Crippen LogP contribution in [0.25, 0.3) is 0 Å². The monoisotopic (exact) mass is 314 g/mol. The number of carbonyl (C=O) groups is 1. The normalized spacial score (nSPS) is 15.6. The van der Waals surface area contributed by atoms with Crippen LogP contribution in [-0.4, -0.2) is 48.5 Å². The second-order valence-corrected chi connectivity index (χ2v) is 5.58. The Hall–Kier alpha value is -2.27. The van der Waals surface area contributed by atoms with E-state index in [1.54, 1.807) is 6.26 Å². The summed E-state index contributed by atoms with van der Waals surface area (Å²) in [5, 5.41) is 0. The number of ether oxygens (including phenoxy) is 1. The van der Waals surface area contributed by atoms with Gasteiger partial charge >= 0.3 is 0 Å². The number of hydrogen-bond donors (Lipinski definition) is 0. The molecule has 1 aromatic heterocycles. The van der Waals surface area contributed by atoms with Crippen LogP contribution in [0.3, 0.4) is 0 Å². The van der Waals surface area contributed by atoms with Gasteiger partial charge in [-0.15, -0.1) is 0 Å². The predicted octanol–water partition coefficient (Wildman–Crippen LogP) is 2.64. The average Bonchev–Trinajstić information content (AvgIpc) is 3.09. The maximum absolute atomic E-state index is 12.7. The number of rotatable bonds is 5. The van der Waals surface area contributed by atoms with E-state index in [1.807, 2.05) is 48.2 Å². The van der Waals surface area contributed by atoms with Crippen molar-refractivity contribution in [2.24, 2.45) is 0 Å². The number of carbonyl (C=O) groups excluding carboxylic acids is 1. The zero-order chi connectivity index (χ0) is 16.1. The Morgan fingerprint density at radius 1 is 1.13 bits per heavy atom. The molecule has 1 aliphatic heterocycles. The lowest BCUT2D eigenvalue weighted by molar-refractivity contribution is 0.0616. The maximum Gasteiger partial charge on any atom is 0.257 e. The molecule has 122 valence electrons. The fraction of sp³-hybridized carbons (Fsp3) is 0.389. The molecule has 3 rings (SSSR count). The Morgan fingerprint density at radius 3 is 2.61 bits per heavy atom. The molecule has 1 aliphatic rings. The molecule has 1 aromatic carbocycles. The summed E-state index contributed by atoms with van der Waals surface area (Å²) in [6, 6.07) is 11.3. The van der Waals surface area contributed by atoms with E-state index in [0.717, 1.165) is 38.5 Å². The first kappa shape index (κ1) is 15.6. The third-order valence-electron chi connectivity index (χ3n) is 4.04. The van der Waals surface area contributed by atoms with Crippen LogP contribution in [0.4, 0.5) is 0 Å². The number of hydrogen-bond acceptors (Lipinski definition) is 4. The van der Waals surface area contributed by atoms with Crippen LogP contribution in [0.2, 0.25) is 0 Å². The fourth-order valence-electron chi connectivity index (χ4n) is 2.83. The number of amides is 1. The quantitative estimate of drug-likeness (QED) is 0.851. The zero-order valence-electron chi connectivity index (χ0n) is 13.4. The Bertz CT molecular complexity index is 631. The number of nitrogens with zero attached hydrogens (tertiary/aromatic N) is 2. The molecule has 5 nitrogen and oxygen atoms in total. The molecule has 2 heterocycles. The largest absolute Gasteiger partial charge is 0.493 e. The van der Waals surface area contributed by atoms with Crippen molar-refractivity contribution in [3.05, 3.63) is 54.0 Å². The summed E-state index contributed by atoms with van der Waals surface area (Å²) in [6.45, 7) is 6.42. The smallest absolute Gasteiger partial charge is 0.257 e. The highest BCUT2D eigenvalue weighted by Gasteiger charge is 2.24. The molecule has 0 spiro atoms. The Kier molecular flexibility index (Phi) is 4.98. The molecule has 2 aromatic rings. The molecule has 0 aliphatic carbocycles. The van der Waals surface area contributed by atoms with Crippen molar-refractivity contribution in [2.75, 3.05) is 32.8 Å². The van der Waals surface area contributed by atoms with E-state index < -0.39 is 0 Å². The van der Waals surface area contributed by atoms with Gasteiger partial charge in [-0.25, -0.2) is 0 Å². The van der Waals surface area contributed by atoms with E-state index in [0.29, 0.717) is 17.9 Å². The second kappa shape index (κ2) is 7.33. The van der Waals surface area contributed by atoms with Gasteiger partial charge in [-0.1, -0.05) is 12.1 Å². The third-order valence-corrected chi connectivity index (χ3v) is 4.04. The summed E-state index contributed by atoms with van der Waals surface area (Å²) in [5.74, 6) is 1.68. The van der Waals surface area contributed by atoms with Gasteiger partial charge in [-0.3, -0.25) is 9.69 Å². The number of benzene rings is 1. The fourth-order valence-corrected chi connectivity index (χ4v) is 2.83. The van der Waals surface area contributed by atoms with Gasteiger partial charge in [-0.05, 0) is 31.2 Å². The molecule has 0 N–H and O–H groups in total. The molecule has 1 amide bonds. The van der Waals surface area contributed by atoms with Gasteiger partial charge in [0.25, 0.3) is 5.91 Å². The van der Waals surface area contributed by atoms with E-state index in [2.05, 4.69) is 4.90 Å². The van der Waals surface area contributed by atoms with Crippen LogP contribution >= 0.6 is 0 Å². The first-order valence-corrected chi connectivity index (χ1v) is 8.03. The summed E-state index contributed by atoms with van der Waals surface area (Å²) in [5.41, 5.74) is 0.647. The van der Waals surface area contributed by atoms with Crippen LogP contribution in [0.1, 0.15) is 23.0 Å². The lowest BCUT2D eigenvalue weighted by atomic mass is 10.1. The van der Waals surface area contributed by atoms with Crippen LogP contribution in [0.15, 0.2) is 47.1 Å². The SMILES string of the molecule is CCOc1ccccc1C(=O)N1CCN(Cc2ccco2)CC1. The van der Waals surface area contributed by atoms with E-state index in [9.17, 15) is 4.79 Å². The molecule has 1 saturated heterocycles. The average molecular weight is 314 g/mol. The van der Waals surface area contributed by atoms with Crippen molar-refractivity contribution >= 4 is 5.91 Å². The second-order valence-electron chi connectivity index (χ2n) is 5.58. The summed E-state index contributed by atoms with van der Waals surface area (Å²) in [7, 11) is 0. The Labute approximate surface area is 136 Å². The summed E-state index contributed by atoms with van der Waals surface area (Å²) < 4.78 is 11.0. The molecular formula is C18H22N2O3. The highest BCUT2D eigenvalue weighted by molar-refractivity contribution is 5.97. The molecule has 0 radical (unpaired) electrons. The van der Waals surface area contributed by atoms with Gasteiger partial charge in [0.1, 0.15) is 11.5 Å². The zero-order valence-corrected chi connectivity index (χ0v) is 13.4. The van der Waals surface area contributed by atoms with Crippen molar-refractivity contribution in [1.82, 2.24) is 9.80 Å².